The van der Waals surface area contributed by atoms with E-state index >= 15 is 0 Å². The number of hydrazone groups is 1. The van der Waals surface area contributed by atoms with Gasteiger partial charge in [0.05, 0.1) is 5.03 Å². The lowest BCUT2D eigenvalue weighted by atomic mass is 10.1. The van der Waals surface area contributed by atoms with Gasteiger partial charge in [0.15, 0.2) is 0 Å². The molecule has 2 atom stereocenters. The van der Waals surface area contributed by atoms with E-state index in [1.165, 1.54) is 11.8 Å². The standard InChI is InChI=1S/C17H16Cl2N4O4S2/c18-9-1-3-10(4-2-9)28-6-5-20-21-7-12(24)22-13-15(25)23-14(17(26)27)11(19)8-29-16(13)23/h1-5,13,16,21H,6-8H2,(H,22,24)(H,26,27)/b20-5+. The summed E-state index contributed by atoms with van der Waals surface area (Å²) < 4.78 is 0. The number of carboxylic acids is 1. The molecule has 0 aromatic heterocycles. The van der Waals surface area contributed by atoms with Gasteiger partial charge in [0, 0.05) is 27.6 Å². The Kier molecular flexibility index (Phi) is 7.33. The number of β-lactam (4-membered cyclic amide) rings is 1. The number of fused-ring (bicyclic) bond motifs is 1. The van der Waals surface area contributed by atoms with Crippen molar-refractivity contribution in [1.29, 1.82) is 0 Å². The summed E-state index contributed by atoms with van der Waals surface area (Å²) in [4.78, 5) is 37.7. The second kappa shape index (κ2) is 9.75. The van der Waals surface area contributed by atoms with Crippen LogP contribution < -0.4 is 10.7 Å². The minimum Gasteiger partial charge on any atom is -0.477 e. The van der Waals surface area contributed by atoms with Gasteiger partial charge in [0.1, 0.15) is 23.7 Å². The monoisotopic (exact) mass is 474 g/mol. The zero-order valence-electron chi connectivity index (χ0n) is 14.8. The molecule has 0 aliphatic carbocycles. The predicted octanol–water partition coefficient (Wildman–Crippen LogP) is 1.94. The van der Waals surface area contributed by atoms with Crippen LogP contribution in [0.4, 0.5) is 0 Å². The average molecular weight is 475 g/mol. The zero-order valence-corrected chi connectivity index (χ0v) is 17.9. The van der Waals surface area contributed by atoms with Gasteiger partial charge in [-0.05, 0) is 24.3 Å². The van der Waals surface area contributed by atoms with Crippen LogP contribution in [0.15, 0.2) is 45.0 Å². The van der Waals surface area contributed by atoms with Gasteiger partial charge < -0.3 is 15.8 Å². The van der Waals surface area contributed by atoms with Gasteiger partial charge in [-0.15, -0.1) is 23.5 Å². The van der Waals surface area contributed by atoms with Gasteiger partial charge >= 0.3 is 5.97 Å². The number of nitrogens with one attached hydrogen (secondary N) is 2. The Balaban J connectivity index is 1.40. The Morgan fingerprint density at radius 2 is 2.07 bits per heavy atom. The number of carboxylic acid groups (broad SMARTS) is 1. The van der Waals surface area contributed by atoms with E-state index in [0.29, 0.717) is 10.8 Å². The Bertz CT molecular complexity index is 879. The van der Waals surface area contributed by atoms with Crippen molar-refractivity contribution in [1.82, 2.24) is 15.6 Å². The molecule has 3 rings (SSSR count). The number of amides is 2. The van der Waals surface area contributed by atoms with Crippen molar-refractivity contribution < 1.29 is 19.5 Å². The molecule has 2 heterocycles. The number of rotatable bonds is 8. The minimum absolute atomic E-state index is 0.105. The predicted molar refractivity (Wildman–Crippen MR) is 114 cm³/mol. The lowest BCUT2D eigenvalue weighted by molar-refractivity contribution is -0.150. The molecule has 2 aliphatic rings. The van der Waals surface area contributed by atoms with Crippen molar-refractivity contribution in [3.05, 3.63) is 40.0 Å². The minimum atomic E-state index is -1.26. The molecule has 2 amide bonds. The number of halogens is 2. The molecule has 1 fully saturated rings. The maximum Gasteiger partial charge on any atom is 0.353 e. The highest BCUT2D eigenvalue weighted by atomic mass is 35.5. The Labute approximate surface area is 185 Å². The maximum atomic E-state index is 12.2. The Morgan fingerprint density at radius 1 is 1.34 bits per heavy atom. The first-order valence-electron chi connectivity index (χ1n) is 8.37. The lowest BCUT2D eigenvalue weighted by Gasteiger charge is -2.48. The molecule has 1 saturated heterocycles. The molecular formula is C17H16Cl2N4O4S2. The summed E-state index contributed by atoms with van der Waals surface area (Å²) >= 11 is 14.6. The summed E-state index contributed by atoms with van der Waals surface area (Å²) in [5, 5.41) is 16.1. The number of aliphatic carboxylic acids is 1. The van der Waals surface area contributed by atoms with Gasteiger partial charge in [-0.2, -0.15) is 5.10 Å². The zero-order chi connectivity index (χ0) is 21.0. The summed E-state index contributed by atoms with van der Waals surface area (Å²) in [5.41, 5.74) is 2.41. The molecule has 0 spiro atoms. The van der Waals surface area contributed by atoms with Crippen LogP contribution in [0, 0.1) is 0 Å². The highest BCUT2D eigenvalue weighted by Gasteiger charge is 2.54. The lowest BCUT2D eigenvalue weighted by Crippen LogP contribution is -2.70. The van der Waals surface area contributed by atoms with Crippen molar-refractivity contribution in [3.8, 4) is 0 Å². The number of nitrogens with zero attached hydrogens (tertiary/aromatic N) is 2. The van der Waals surface area contributed by atoms with Crippen LogP contribution in [0.1, 0.15) is 0 Å². The van der Waals surface area contributed by atoms with E-state index in [0.717, 1.165) is 9.80 Å². The number of carbonyl (C=O) groups is 3. The van der Waals surface area contributed by atoms with Crippen molar-refractivity contribution >= 4 is 70.7 Å². The van der Waals surface area contributed by atoms with Crippen molar-refractivity contribution in [2.75, 3.05) is 18.1 Å². The molecule has 1 aromatic rings. The fraction of sp³-hybridized carbons (Fsp3) is 0.294. The van der Waals surface area contributed by atoms with Gasteiger partial charge in [-0.3, -0.25) is 14.5 Å². The molecule has 12 heteroatoms. The van der Waals surface area contributed by atoms with Crippen molar-refractivity contribution in [3.63, 3.8) is 0 Å². The van der Waals surface area contributed by atoms with E-state index in [9.17, 15) is 19.5 Å². The van der Waals surface area contributed by atoms with Crippen LogP contribution >= 0.6 is 46.7 Å². The fourth-order valence-electron chi connectivity index (χ4n) is 2.69. The van der Waals surface area contributed by atoms with Crippen LogP contribution in [0.2, 0.25) is 5.02 Å². The second-order valence-electron chi connectivity index (χ2n) is 5.93. The molecule has 2 aliphatic heterocycles. The SMILES string of the molecule is O=C(CN/N=C/CSc1ccc(Cl)cc1)NC1C(=O)N2C(C(=O)O)=C(Cl)CSC12. The number of thioether (sulfide) groups is 2. The summed E-state index contributed by atoms with van der Waals surface area (Å²) in [6.07, 6.45) is 1.63. The number of benzene rings is 1. The van der Waals surface area contributed by atoms with E-state index in [1.807, 2.05) is 12.1 Å². The Morgan fingerprint density at radius 3 is 2.76 bits per heavy atom. The van der Waals surface area contributed by atoms with Gasteiger partial charge in [-0.25, -0.2) is 4.79 Å². The number of carbonyl (C=O) groups excluding carboxylic acids is 2. The average Bonchev–Trinajstić information content (AvgIpc) is 2.69. The quantitative estimate of drug-likeness (QED) is 0.228. The van der Waals surface area contributed by atoms with E-state index < -0.39 is 29.2 Å². The van der Waals surface area contributed by atoms with Crippen LogP contribution in [-0.4, -0.2) is 63.5 Å². The first-order chi connectivity index (χ1) is 13.9. The Hall–Kier alpha value is -1.88. The van der Waals surface area contributed by atoms with Crippen molar-refractivity contribution in [2.24, 2.45) is 5.10 Å². The highest BCUT2D eigenvalue weighted by Crippen LogP contribution is 2.41. The summed E-state index contributed by atoms with van der Waals surface area (Å²) in [6, 6.07) is 6.64. The van der Waals surface area contributed by atoms with E-state index in [4.69, 9.17) is 23.2 Å². The molecule has 8 nitrogen and oxygen atoms in total. The number of hydrogen-bond donors (Lipinski definition) is 3. The second-order valence-corrected chi connectivity index (χ2v) is 9.02. The maximum absolute atomic E-state index is 12.2. The van der Waals surface area contributed by atoms with Gasteiger partial charge in [0.25, 0.3) is 5.91 Å². The van der Waals surface area contributed by atoms with E-state index in [2.05, 4.69) is 15.8 Å². The summed E-state index contributed by atoms with van der Waals surface area (Å²) in [5.74, 6) is -1.28. The van der Waals surface area contributed by atoms with Gasteiger partial charge in [-0.1, -0.05) is 23.2 Å². The third-order valence-corrected chi connectivity index (χ3v) is 6.93. The number of hydrogen-bond acceptors (Lipinski definition) is 7. The summed E-state index contributed by atoms with van der Waals surface area (Å²) in [6.45, 7) is -0.105. The molecule has 29 heavy (non-hydrogen) atoms. The van der Waals surface area contributed by atoms with Crippen LogP contribution in [0.5, 0.6) is 0 Å². The molecule has 1 aromatic carbocycles. The normalized spacial score (nSPS) is 21.0. The van der Waals surface area contributed by atoms with Crippen LogP contribution in [0.25, 0.3) is 0 Å². The van der Waals surface area contributed by atoms with E-state index in [-0.39, 0.29) is 23.0 Å². The van der Waals surface area contributed by atoms with E-state index in [1.54, 1.807) is 30.1 Å². The third kappa shape index (κ3) is 5.19. The van der Waals surface area contributed by atoms with Crippen LogP contribution in [-0.2, 0) is 14.4 Å². The molecule has 2 unspecified atom stereocenters. The fourth-order valence-corrected chi connectivity index (χ4v) is 5.04. The molecule has 0 bridgehead atoms. The third-order valence-electron chi connectivity index (χ3n) is 4.00. The van der Waals surface area contributed by atoms with Gasteiger partial charge in [0.2, 0.25) is 5.91 Å². The first kappa shape index (κ1) is 21.8. The molecule has 154 valence electrons. The molecule has 0 saturated carbocycles. The molecular weight excluding hydrogens is 459 g/mol. The smallest absolute Gasteiger partial charge is 0.353 e. The molecule has 0 radical (unpaired) electrons. The van der Waals surface area contributed by atoms with Crippen LogP contribution in [0.3, 0.4) is 0 Å². The topological polar surface area (TPSA) is 111 Å². The summed E-state index contributed by atoms with van der Waals surface area (Å²) in [7, 11) is 0. The molecule has 3 N–H and O–H groups in total. The highest BCUT2D eigenvalue weighted by molar-refractivity contribution is 8.00. The largest absolute Gasteiger partial charge is 0.477 e. The van der Waals surface area contributed by atoms with Crippen molar-refractivity contribution in [2.45, 2.75) is 16.3 Å². The first-order valence-corrected chi connectivity index (χ1v) is 11.2.